The first-order valence-electron chi connectivity index (χ1n) is 4.15. The second-order valence-corrected chi connectivity index (χ2v) is 2.90. The first-order valence-corrected chi connectivity index (χ1v) is 4.15. The Morgan fingerprint density at radius 1 is 1.57 bits per heavy atom. The van der Waals surface area contributed by atoms with Crippen LogP contribution < -0.4 is 0 Å². The molecule has 0 fully saturated rings. The van der Waals surface area contributed by atoms with Crippen LogP contribution >= 0.6 is 0 Å². The zero-order valence-corrected chi connectivity index (χ0v) is 7.47. The van der Waals surface area contributed by atoms with Crippen LogP contribution in [0.4, 0.5) is 4.39 Å². The highest BCUT2D eigenvalue weighted by atomic mass is 19.1. The Hall–Kier alpha value is -1.58. The van der Waals surface area contributed by atoms with Crippen molar-refractivity contribution in [2.75, 3.05) is 6.54 Å². The monoisotopic (exact) mass is 195 g/mol. The van der Waals surface area contributed by atoms with Gasteiger partial charge in [-0.05, 0) is 29.6 Å². The summed E-state index contributed by atoms with van der Waals surface area (Å²) in [5.41, 5.74) is 8.70. The Balaban J connectivity index is 2.55. The summed E-state index contributed by atoms with van der Waals surface area (Å²) in [5, 5.41) is 12.6. The zero-order chi connectivity index (χ0) is 10.4. The highest BCUT2D eigenvalue weighted by Gasteiger charge is 2.04. The lowest BCUT2D eigenvalue weighted by atomic mass is 10.1. The molecule has 1 rings (SSSR count). The quantitative estimate of drug-likeness (QED) is 0.445. The van der Waals surface area contributed by atoms with Gasteiger partial charge in [-0.15, -0.1) is 0 Å². The maximum atomic E-state index is 12.7. The Bertz CT molecular complexity index is 350. The predicted octanol–water partition coefficient (Wildman–Crippen LogP) is 2.04. The van der Waals surface area contributed by atoms with E-state index in [9.17, 15) is 9.50 Å². The molecular formula is C9H10FN3O. The molecular weight excluding hydrogens is 185 g/mol. The van der Waals surface area contributed by atoms with Crippen molar-refractivity contribution in [3.8, 4) is 0 Å². The number of aliphatic hydroxyl groups excluding tert-OH is 1. The molecule has 0 heterocycles. The van der Waals surface area contributed by atoms with Crippen LogP contribution in [0.15, 0.2) is 29.4 Å². The minimum Gasteiger partial charge on any atom is -0.393 e. The van der Waals surface area contributed by atoms with Gasteiger partial charge in [-0.25, -0.2) is 4.39 Å². The summed E-state index contributed by atoms with van der Waals surface area (Å²) in [6.07, 6.45) is -0.468. The van der Waals surface area contributed by atoms with E-state index in [0.29, 0.717) is 5.56 Å². The fraction of sp³-hybridized carbons (Fsp3) is 0.333. The molecule has 1 N–H and O–H groups in total. The van der Waals surface area contributed by atoms with E-state index in [1.807, 2.05) is 0 Å². The lowest BCUT2D eigenvalue weighted by molar-refractivity contribution is 0.183. The number of benzene rings is 1. The Labute approximate surface area is 80.6 Å². The minimum atomic E-state index is -0.757. The largest absolute Gasteiger partial charge is 0.393 e. The molecule has 5 heteroatoms. The molecule has 0 spiro atoms. The van der Waals surface area contributed by atoms with Crippen LogP contribution in [0.5, 0.6) is 0 Å². The van der Waals surface area contributed by atoms with Gasteiger partial charge in [-0.2, -0.15) is 0 Å². The van der Waals surface area contributed by atoms with Crippen molar-refractivity contribution in [2.24, 2.45) is 5.11 Å². The molecule has 0 bridgehead atoms. The molecule has 0 aliphatic carbocycles. The van der Waals surface area contributed by atoms with Gasteiger partial charge in [0.2, 0.25) is 0 Å². The maximum Gasteiger partial charge on any atom is 0.123 e. The van der Waals surface area contributed by atoms with Crippen molar-refractivity contribution in [2.45, 2.75) is 12.5 Å². The van der Waals surface area contributed by atoms with E-state index in [-0.39, 0.29) is 18.8 Å². The molecule has 1 atom stereocenters. The molecule has 14 heavy (non-hydrogen) atoms. The fourth-order valence-corrected chi connectivity index (χ4v) is 1.13. The molecule has 0 saturated carbocycles. The summed E-state index contributed by atoms with van der Waals surface area (Å²) in [5.74, 6) is -0.335. The Kier molecular flexibility index (Phi) is 3.91. The second kappa shape index (κ2) is 5.21. The van der Waals surface area contributed by atoms with E-state index in [4.69, 9.17) is 5.53 Å². The van der Waals surface area contributed by atoms with E-state index < -0.39 is 6.10 Å². The van der Waals surface area contributed by atoms with Gasteiger partial charge in [-0.3, -0.25) is 0 Å². The summed E-state index contributed by atoms with van der Waals surface area (Å²) < 4.78 is 12.7. The lowest BCUT2D eigenvalue weighted by Crippen LogP contribution is -2.13. The van der Waals surface area contributed by atoms with Gasteiger partial charge >= 0.3 is 0 Å². The number of hydrogen-bond acceptors (Lipinski definition) is 2. The van der Waals surface area contributed by atoms with E-state index in [1.165, 1.54) is 12.1 Å². The highest BCUT2D eigenvalue weighted by molar-refractivity contribution is 5.17. The maximum absolute atomic E-state index is 12.7. The fourth-order valence-electron chi connectivity index (χ4n) is 1.13. The van der Waals surface area contributed by atoms with Crippen molar-refractivity contribution in [3.63, 3.8) is 0 Å². The first kappa shape index (κ1) is 10.5. The number of azide groups is 1. The third kappa shape index (κ3) is 3.43. The molecule has 1 aromatic rings. The summed E-state index contributed by atoms with van der Waals surface area (Å²) >= 11 is 0. The van der Waals surface area contributed by atoms with Gasteiger partial charge in [0.1, 0.15) is 5.82 Å². The molecule has 74 valence electrons. The molecule has 0 aliphatic rings. The van der Waals surface area contributed by atoms with Crippen LogP contribution in [0.1, 0.15) is 5.56 Å². The molecule has 0 amide bonds. The van der Waals surface area contributed by atoms with Gasteiger partial charge in [0, 0.05) is 4.91 Å². The zero-order valence-electron chi connectivity index (χ0n) is 7.47. The van der Waals surface area contributed by atoms with Gasteiger partial charge in [0.25, 0.3) is 0 Å². The van der Waals surface area contributed by atoms with Gasteiger partial charge in [0.05, 0.1) is 12.6 Å². The van der Waals surface area contributed by atoms with E-state index in [0.717, 1.165) is 0 Å². The van der Waals surface area contributed by atoms with Crippen molar-refractivity contribution >= 4 is 0 Å². The third-order valence-corrected chi connectivity index (χ3v) is 1.72. The molecule has 4 nitrogen and oxygen atoms in total. The van der Waals surface area contributed by atoms with E-state index in [2.05, 4.69) is 10.0 Å². The van der Waals surface area contributed by atoms with Crippen molar-refractivity contribution in [1.82, 2.24) is 0 Å². The van der Waals surface area contributed by atoms with Gasteiger partial charge < -0.3 is 5.11 Å². The molecule has 1 aromatic carbocycles. The van der Waals surface area contributed by atoms with Crippen molar-refractivity contribution < 1.29 is 9.50 Å². The highest BCUT2D eigenvalue weighted by Crippen LogP contribution is 2.06. The minimum absolute atomic E-state index is 0.00696. The van der Waals surface area contributed by atoms with Crippen LogP contribution in [0.3, 0.4) is 0 Å². The Morgan fingerprint density at radius 2 is 2.36 bits per heavy atom. The summed E-state index contributed by atoms with van der Waals surface area (Å²) in [6, 6.07) is 5.97. The number of aliphatic hydroxyl groups is 1. The third-order valence-electron chi connectivity index (χ3n) is 1.72. The lowest BCUT2D eigenvalue weighted by Gasteiger charge is -2.06. The van der Waals surface area contributed by atoms with Crippen LogP contribution in [0, 0.1) is 5.82 Å². The van der Waals surface area contributed by atoms with Gasteiger partial charge in [-0.1, -0.05) is 17.2 Å². The summed E-state index contributed by atoms with van der Waals surface area (Å²) in [7, 11) is 0. The standard InChI is InChI=1S/C9H10FN3O/c10-8-3-1-2-7(4-8)5-9(14)6-12-13-11/h1-4,9,14H,5-6H2. The molecule has 0 aromatic heterocycles. The number of halogens is 1. The molecule has 1 unspecified atom stereocenters. The number of rotatable bonds is 4. The SMILES string of the molecule is [N-]=[N+]=NCC(O)Cc1cccc(F)c1. The van der Waals surface area contributed by atoms with Gasteiger partial charge in [0.15, 0.2) is 0 Å². The predicted molar refractivity (Wildman–Crippen MR) is 50.1 cm³/mol. The van der Waals surface area contributed by atoms with Crippen molar-refractivity contribution in [3.05, 3.63) is 46.1 Å². The van der Waals surface area contributed by atoms with Crippen LogP contribution in [0.2, 0.25) is 0 Å². The first-order chi connectivity index (χ1) is 6.72. The van der Waals surface area contributed by atoms with E-state index >= 15 is 0 Å². The summed E-state index contributed by atoms with van der Waals surface area (Å²) in [4.78, 5) is 2.53. The van der Waals surface area contributed by atoms with E-state index in [1.54, 1.807) is 12.1 Å². The van der Waals surface area contributed by atoms with Crippen LogP contribution in [-0.4, -0.2) is 17.8 Å². The van der Waals surface area contributed by atoms with Crippen molar-refractivity contribution in [1.29, 1.82) is 0 Å². The summed E-state index contributed by atoms with van der Waals surface area (Å²) in [6.45, 7) is 0.00696. The smallest absolute Gasteiger partial charge is 0.123 e. The number of nitrogens with zero attached hydrogens (tertiary/aromatic N) is 3. The molecule has 0 radical (unpaired) electrons. The number of hydrogen-bond donors (Lipinski definition) is 1. The molecule has 0 saturated heterocycles. The normalized spacial score (nSPS) is 11.9. The average Bonchev–Trinajstić information content (AvgIpc) is 2.15. The molecule has 0 aliphatic heterocycles. The average molecular weight is 195 g/mol. The Morgan fingerprint density at radius 3 is 3.00 bits per heavy atom. The van der Waals surface area contributed by atoms with Crippen LogP contribution in [-0.2, 0) is 6.42 Å². The second-order valence-electron chi connectivity index (χ2n) is 2.90. The topological polar surface area (TPSA) is 69.0 Å². The van der Waals surface area contributed by atoms with Crippen LogP contribution in [0.25, 0.3) is 10.4 Å².